The number of pyridine rings is 2. The molecule has 1 amide bonds. The van der Waals surface area contributed by atoms with Crippen LogP contribution in [0.1, 0.15) is 29.0 Å². The number of rotatable bonds is 5. The molecule has 144 valence electrons. The molecule has 5 heteroatoms. The monoisotopic (exact) mass is 383 g/mol. The third-order valence-electron chi connectivity index (χ3n) is 4.88. The molecule has 29 heavy (non-hydrogen) atoms. The fraction of sp³-hybridized carbons (Fsp3) is 0.125. The molecule has 1 unspecified atom stereocenters. The average Bonchev–Trinajstić information content (AvgIpc) is 2.79. The van der Waals surface area contributed by atoms with Crippen LogP contribution in [0, 0.1) is 0 Å². The molecule has 1 N–H and O–H groups in total. The average molecular weight is 383 g/mol. The summed E-state index contributed by atoms with van der Waals surface area (Å²) in [5.41, 5.74) is 4.00. The maximum absolute atomic E-state index is 12.8. The highest BCUT2D eigenvalue weighted by molar-refractivity contribution is 5.98. The van der Waals surface area contributed by atoms with Crippen molar-refractivity contribution in [1.29, 1.82) is 0 Å². The third kappa shape index (κ3) is 3.94. The molecule has 0 spiro atoms. The summed E-state index contributed by atoms with van der Waals surface area (Å²) >= 11 is 0. The molecule has 0 aliphatic carbocycles. The molecule has 0 aliphatic heterocycles. The van der Waals surface area contributed by atoms with E-state index in [0.29, 0.717) is 5.69 Å². The lowest BCUT2D eigenvalue weighted by molar-refractivity contribution is 0.0935. The molecular weight excluding hydrogens is 362 g/mol. The zero-order valence-corrected chi connectivity index (χ0v) is 16.3. The van der Waals surface area contributed by atoms with Gasteiger partial charge in [-0.2, -0.15) is 0 Å². The Kier molecular flexibility index (Phi) is 5.20. The molecule has 2 aromatic carbocycles. The van der Waals surface area contributed by atoms with Crippen molar-refractivity contribution in [1.82, 2.24) is 15.3 Å². The predicted molar refractivity (Wildman–Crippen MR) is 114 cm³/mol. The van der Waals surface area contributed by atoms with Gasteiger partial charge in [0, 0.05) is 23.3 Å². The summed E-state index contributed by atoms with van der Waals surface area (Å²) in [6, 6.07) is 21.1. The molecule has 0 saturated carbocycles. The van der Waals surface area contributed by atoms with Crippen molar-refractivity contribution < 1.29 is 9.53 Å². The van der Waals surface area contributed by atoms with Crippen LogP contribution >= 0.6 is 0 Å². The molecule has 4 aromatic rings. The summed E-state index contributed by atoms with van der Waals surface area (Å²) < 4.78 is 5.23. The Labute approximate surface area is 169 Å². The smallest absolute Gasteiger partial charge is 0.270 e. The second kappa shape index (κ2) is 8.10. The normalized spacial score (nSPS) is 11.8. The van der Waals surface area contributed by atoms with E-state index < -0.39 is 0 Å². The van der Waals surface area contributed by atoms with E-state index in [9.17, 15) is 4.79 Å². The minimum atomic E-state index is -0.208. The van der Waals surface area contributed by atoms with Crippen molar-refractivity contribution in [3.05, 3.63) is 90.4 Å². The van der Waals surface area contributed by atoms with Crippen LogP contribution in [0.15, 0.2) is 79.1 Å². The van der Waals surface area contributed by atoms with E-state index in [0.717, 1.165) is 33.3 Å². The highest BCUT2D eigenvalue weighted by atomic mass is 16.5. The zero-order valence-electron chi connectivity index (χ0n) is 16.3. The van der Waals surface area contributed by atoms with E-state index in [4.69, 9.17) is 4.74 Å². The Bertz CT molecular complexity index is 1140. The Morgan fingerprint density at radius 3 is 2.45 bits per heavy atom. The topological polar surface area (TPSA) is 64.1 Å². The van der Waals surface area contributed by atoms with Crippen molar-refractivity contribution in [2.24, 2.45) is 0 Å². The van der Waals surface area contributed by atoms with Gasteiger partial charge >= 0.3 is 0 Å². The summed E-state index contributed by atoms with van der Waals surface area (Å²) in [7, 11) is 1.64. The van der Waals surface area contributed by atoms with Gasteiger partial charge < -0.3 is 10.1 Å². The summed E-state index contributed by atoms with van der Waals surface area (Å²) in [4.78, 5) is 21.8. The molecule has 0 aliphatic rings. The number of amides is 1. The predicted octanol–water partition coefficient (Wildman–Crippen LogP) is 4.80. The Morgan fingerprint density at radius 2 is 1.72 bits per heavy atom. The maximum Gasteiger partial charge on any atom is 0.270 e. The van der Waals surface area contributed by atoms with Crippen LogP contribution in [0.5, 0.6) is 5.75 Å². The van der Waals surface area contributed by atoms with E-state index in [1.807, 2.05) is 67.6 Å². The van der Waals surface area contributed by atoms with E-state index in [-0.39, 0.29) is 11.9 Å². The van der Waals surface area contributed by atoms with Crippen LogP contribution in [-0.2, 0) is 0 Å². The number of fused-ring (bicyclic) bond motifs is 1. The van der Waals surface area contributed by atoms with Gasteiger partial charge in [0.15, 0.2) is 0 Å². The maximum atomic E-state index is 12.8. The lowest BCUT2D eigenvalue weighted by Gasteiger charge is -2.14. The van der Waals surface area contributed by atoms with Gasteiger partial charge in [-0.15, -0.1) is 0 Å². The summed E-state index contributed by atoms with van der Waals surface area (Å²) in [5.74, 6) is 0.575. The molecular formula is C24H21N3O2. The number of carbonyl (C=O) groups is 1. The SMILES string of the molecule is COc1ccc(-c2cncc3ccc(C(=O)NC(C)c4ccccc4)nc23)cc1. The second-order valence-electron chi connectivity index (χ2n) is 6.79. The van der Waals surface area contributed by atoms with E-state index in [1.54, 1.807) is 25.6 Å². The van der Waals surface area contributed by atoms with Gasteiger partial charge in [-0.3, -0.25) is 9.78 Å². The molecule has 0 bridgehead atoms. The van der Waals surface area contributed by atoms with Gasteiger partial charge in [-0.25, -0.2) is 4.98 Å². The molecule has 2 aromatic heterocycles. The van der Waals surface area contributed by atoms with Crippen molar-refractivity contribution in [2.75, 3.05) is 7.11 Å². The van der Waals surface area contributed by atoms with Crippen LogP contribution in [-0.4, -0.2) is 23.0 Å². The van der Waals surface area contributed by atoms with Crippen LogP contribution < -0.4 is 10.1 Å². The number of methoxy groups -OCH3 is 1. The molecule has 4 rings (SSSR count). The summed E-state index contributed by atoms with van der Waals surface area (Å²) in [5, 5.41) is 3.90. The molecule has 0 fully saturated rings. The first-order valence-corrected chi connectivity index (χ1v) is 9.40. The first-order chi connectivity index (χ1) is 14.2. The number of nitrogens with zero attached hydrogens (tertiary/aromatic N) is 2. The lowest BCUT2D eigenvalue weighted by atomic mass is 10.0. The van der Waals surface area contributed by atoms with Gasteiger partial charge in [-0.05, 0) is 42.3 Å². The van der Waals surface area contributed by atoms with Gasteiger partial charge in [0.1, 0.15) is 11.4 Å². The minimum Gasteiger partial charge on any atom is -0.497 e. The third-order valence-corrected chi connectivity index (χ3v) is 4.88. The Balaban J connectivity index is 1.66. The first-order valence-electron chi connectivity index (χ1n) is 9.40. The van der Waals surface area contributed by atoms with E-state index in [2.05, 4.69) is 15.3 Å². The number of carbonyl (C=O) groups excluding carboxylic acids is 1. The van der Waals surface area contributed by atoms with Gasteiger partial charge in [0.25, 0.3) is 5.91 Å². The Morgan fingerprint density at radius 1 is 0.966 bits per heavy atom. The minimum absolute atomic E-state index is 0.111. The molecule has 2 heterocycles. The van der Waals surface area contributed by atoms with Crippen molar-refractivity contribution in [3.8, 4) is 16.9 Å². The molecule has 1 atom stereocenters. The van der Waals surface area contributed by atoms with Crippen LogP contribution in [0.4, 0.5) is 0 Å². The van der Waals surface area contributed by atoms with E-state index in [1.165, 1.54) is 0 Å². The summed E-state index contributed by atoms with van der Waals surface area (Å²) in [6.07, 6.45) is 3.52. The zero-order chi connectivity index (χ0) is 20.2. The van der Waals surface area contributed by atoms with Crippen molar-refractivity contribution in [3.63, 3.8) is 0 Å². The molecule has 0 saturated heterocycles. The molecule has 0 radical (unpaired) electrons. The van der Waals surface area contributed by atoms with Crippen molar-refractivity contribution in [2.45, 2.75) is 13.0 Å². The largest absolute Gasteiger partial charge is 0.497 e. The van der Waals surface area contributed by atoms with Gasteiger partial charge in [0.05, 0.1) is 18.7 Å². The number of nitrogens with one attached hydrogen (secondary N) is 1. The Hall–Kier alpha value is -3.73. The number of ether oxygens (including phenoxy) is 1. The van der Waals surface area contributed by atoms with Crippen LogP contribution in [0.25, 0.3) is 22.0 Å². The quantitative estimate of drug-likeness (QED) is 0.538. The van der Waals surface area contributed by atoms with Crippen LogP contribution in [0.2, 0.25) is 0 Å². The molecule has 5 nitrogen and oxygen atoms in total. The van der Waals surface area contributed by atoms with Gasteiger partial charge in [-0.1, -0.05) is 42.5 Å². The number of benzene rings is 2. The standard InChI is InChI=1S/C24H21N3O2/c1-16(17-6-4-3-5-7-17)26-24(28)22-13-10-19-14-25-15-21(23(19)27-22)18-8-11-20(29-2)12-9-18/h3-16H,1-2H3,(H,26,28). The van der Waals surface area contributed by atoms with Gasteiger partial charge in [0.2, 0.25) is 0 Å². The number of aromatic nitrogens is 2. The number of hydrogen-bond donors (Lipinski definition) is 1. The van der Waals surface area contributed by atoms with Crippen LogP contribution in [0.3, 0.4) is 0 Å². The van der Waals surface area contributed by atoms with E-state index >= 15 is 0 Å². The van der Waals surface area contributed by atoms with Crippen molar-refractivity contribution >= 4 is 16.8 Å². The lowest BCUT2D eigenvalue weighted by Crippen LogP contribution is -2.27. The first kappa shape index (κ1) is 18.6. The highest BCUT2D eigenvalue weighted by Gasteiger charge is 2.14. The number of hydrogen-bond acceptors (Lipinski definition) is 4. The second-order valence-corrected chi connectivity index (χ2v) is 6.79. The fourth-order valence-corrected chi connectivity index (χ4v) is 3.25. The summed E-state index contributed by atoms with van der Waals surface area (Å²) in [6.45, 7) is 1.96. The fourth-order valence-electron chi connectivity index (χ4n) is 3.25. The highest BCUT2D eigenvalue weighted by Crippen LogP contribution is 2.28.